The molecule has 0 spiro atoms. The Morgan fingerprint density at radius 1 is 1.38 bits per heavy atom. The predicted octanol–water partition coefficient (Wildman–Crippen LogP) is 3.00. The van der Waals surface area contributed by atoms with Crippen molar-refractivity contribution >= 4 is 0 Å². The lowest BCUT2D eigenvalue weighted by Gasteiger charge is -2.11. The fourth-order valence-electron chi connectivity index (χ4n) is 1.59. The van der Waals surface area contributed by atoms with Crippen LogP contribution in [0.3, 0.4) is 0 Å². The highest BCUT2D eigenvalue weighted by atomic mass is 14.8. The summed E-state index contributed by atoms with van der Waals surface area (Å²) >= 11 is 0. The molecule has 0 aliphatic carbocycles. The van der Waals surface area contributed by atoms with Crippen LogP contribution >= 0.6 is 0 Å². The van der Waals surface area contributed by atoms with Gasteiger partial charge in [0.25, 0.3) is 0 Å². The van der Waals surface area contributed by atoms with Gasteiger partial charge in [-0.1, -0.05) is 20.3 Å². The summed E-state index contributed by atoms with van der Waals surface area (Å²) in [5.41, 5.74) is 3.26. The molecular formula is C11H18N2. The molecule has 1 atom stereocenters. The fourth-order valence-corrected chi connectivity index (χ4v) is 1.59. The van der Waals surface area contributed by atoms with Gasteiger partial charge in [-0.3, -0.25) is 9.97 Å². The zero-order valence-corrected chi connectivity index (χ0v) is 8.96. The second kappa shape index (κ2) is 4.35. The van der Waals surface area contributed by atoms with E-state index in [4.69, 9.17) is 0 Å². The Balaban J connectivity index is 2.91. The maximum atomic E-state index is 4.53. The topological polar surface area (TPSA) is 25.8 Å². The molecule has 0 saturated heterocycles. The average molecular weight is 178 g/mol. The van der Waals surface area contributed by atoms with Crippen molar-refractivity contribution in [1.82, 2.24) is 9.97 Å². The maximum Gasteiger partial charge on any atom is 0.0647 e. The Labute approximate surface area is 80.4 Å². The minimum absolute atomic E-state index is 0.539. The van der Waals surface area contributed by atoms with E-state index in [0.29, 0.717) is 5.92 Å². The van der Waals surface area contributed by atoms with Gasteiger partial charge in [0.05, 0.1) is 17.1 Å². The van der Waals surface area contributed by atoms with E-state index in [1.54, 1.807) is 0 Å². The second-order valence-corrected chi connectivity index (χ2v) is 3.67. The molecule has 0 aliphatic rings. The summed E-state index contributed by atoms with van der Waals surface area (Å²) < 4.78 is 0. The van der Waals surface area contributed by atoms with E-state index in [2.05, 4.69) is 23.8 Å². The van der Waals surface area contributed by atoms with Crippen molar-refractivity contribution in [3.63, 3.8) is 0 Å². The molecule has 1 heterocycles. The third-order valence-corrected chi connectivity index (χ3v) is 2.30. The highest BCUT2D eigenvalue weighted by molar-refractivity contribution is 5.15. The van der Waals surface area contributed by atoms with E-state index in [1.165, 1.54) is 18.5 Å². The monoisotopic (exact) mass is 178 g/mol. The molecule has 72 valence electrons. The van der Waals surface area contributed by atoms with Crippen LogP contribution in [0.25, 0.3) is 0 Å². The molecule has 1 unspecified atom stereocenters. The molecule has 1 aromatic rings. The number of hydrogen-bond acceptors (Lipinski definition) is 2. The van der Waals surface area contributed by atoms with Gasteiger partial charge in [-0.25, -0.2) is 0 Å². The van der Waals surface area contributed by atoms with Gasteiger partial charge in [-0.15, -0.1) is 0 Å². The van der Waals surface area contributed by atoms with Crippen LogP contribution in [-0.4, -0.2) is 9.97 Å². The third-order valence-electron chi connectivity index (χ3n) is 2.30. The third kappa shape index (κ3) is 2.51. The van der Waals surface area contributed by atoms with E-state index in [0.717, 1.165) is 11.4 Å². The molecule has 0 saturated carbocycles. The molecule has 13 heavy (non-hydrogen) atoms. The van der Waals surface area contributed by atoms with E-state index in [-0.39, 0.29) is 0 Å². The minimum Gasteiger partial charge on any atom is -0.258 e. The van der Waals surface area contributed by atoms with Gasteiger partial charge in [0.2, 0.25) is 0 Å². The van der Waals surface area contributed by atoms with Crippen molar-refractivity contribution in [2.45, 2.75) is 46.5 Å². The van der Waals surface area contributed by atoms with Gasteiger partial charge < -0.3 is 0 Å². The zero-order valence-electron chi connectivity index (χ0n) is 8.96. The molecular weight excluding hydrogens is 160 g/mol. The highest BCUT2D eigenvalue weighted by Gasteiger charge is 2.09. The number of aromatic nitrogens is 2. The quantitative estimate of drug-likeness (QED) is 0.711. The number of nitrogens with zero attached hydrogens (tertiary/aromatic N) is 2. The summed E-state index contributed by atoms with van der Waals surface area (Å²) in [7, 11) is 0. The summed E-state index contributed by atoms with van der Waals surface area (Å²) in [6, 6.07) is 0. The second-order valence-electron chi connectivity index (χ2n) is 3.67. The van der Waals surface area contributed by atoms with E-state index >= 15 is 0 Å². The van der Waals surface area contributed by atoms with E-state index < -0.39 is 0 Å². The first-order valence-corrected chi connectivity index (χ1v) is 4.95. The molecule has 2 nitrogen and oxygen atoms in total. The van der Waals surface area contributed by atoms with Crippen molar-refractivity contribution in [1.29, 1.82) is 0 Å². The lowest BCUT2D eigenvalue weighted by Crippen LogP contribution is -2.03. The Morgan fingerprint density at radius 2 is 2.08 bits per heavy atom. The summed E-state index contributed by atoms with van der Waals surface area (Å²) in [6.07, 6.45) is 4.23. The van der Waals surface area contributed by atoms with Gasteiger partial charge >= 0.3 is 0 Å². The van der Waals surface area contributed by atoms with Crippen molar-refractivity contribution in [2.24, 2.45) is 0 Å². The molecule has 1 rings (SSSR count). The molecule has 2 heteroatoms. The van der Waals surface area contributed by atoms with E-state index in [1.807, 2.05) is 20.0 Å². The molecule has 0 bridgehead atoms. The molecule has 0 fully saturated rings. The average Bonchev–Trinajstić information content (AvgIpc) is 2.09. The SMILES string of the molecule is CCCC(C)c1nc(C)cnc1C. The van der Waals surface area contributed by atoms with Gasteiger partial charge in [0.15, 0.2) is 0 Å². The van der Waals surface area contributed by atoms with Crippen LogP contribution in [0.15, 0.2) is 6.20 Å². The summed E-state index contributed by atoms with van der Waals surface area (Å²) in [5.74, 6) is 0.539. The number of rotatable bonds is 3. The first-order chi connectivity index (χ1) is 6.15. The Kier molecular flexibility index (Phi) is 3.40. The Morgan fingerprint density at radius 3 is 2.69 bits per heavy atom. The van der Waals surface area contributed by atoms with Crippen molar-refractivity contribution in [2.75, 3.05) is 0 Å². The molecule has 0 aromatic carbocycles. The minimum atomic E-state index is 0.539. The van der Waals surface area contributed by atoms with Crippen LogP contribution in [0.4, 0.5) is 0 Å². The number of aryl methyl sites for hydroxylation is 2. The lowest BCUT2D eigenvalue weighted by molar-refractivity contribution is 0.636. The van der Waals surface area contributed by atoms with Crippen molar-refractivity contribution in [3.8, 4) is 0 Å². The van der Waals surface area contributed by atoms with Crippen LogP contribution in [0, 0.1) is 13.8 Å². The molecule has 1 aromatic heterocycles. The largest absolute Gasteiger partial charge is 0.258 e. The Bertz CT molecular complexity index is 281. The summed E-state index contributed by atoms with van der Waals surface area (Å²) in [5, 5.41) is 0. The van der Waals surface area contributed by atoms with Crippen LogP contribution in [-0.2, 0) is 0 Å². The van der Waals surface area contributed by atoms with Crippen LogP contribution in [0.5, 0.6) is 0 Å². The van der Waals surface area contributed by atoms with Crippen LogP contribution < -0.4 is 0 Å². The van der Waals surface area contributed by atoms with E-state index in [9.17, 15) is 0 Å². The lowest BCUT2D eigenvalue weighted by atomic mass is 10.0. The van der Waals surface area contributed by atoms with Gasteiger partial charge in [0.1, 0.15) is 0 Å². The molecule has 0 aliphatic heterocycles. The zero-order chi connectivity index (χ0) is 9.84. The highest BCUT2D eigenvalue weighted by Crippen LogP contribution is 2.20. The Hall–Kier alpha value is -0.920. The van der Waals surface area contributed by atoms with Gasteiger partial charge in [0, 0.05) is 12.1 Å². The molecule has 0 amide bonds. The summed E-state index contributed by atoms with van der Waals surface area (Å²) in [4.78, 5) is 8.85. The first kappa shape index (κ1) is 10.2. The molecule has 0 radical (unpaired) electrons. The fraction of sp³-hybridized carbons (Fsp3) is 0.636. The van der Waals surface area contributed by atoms with Crippen molar-refractivity contribution in [3.05, 3.63) is 23.3 Å². The van der Waals surface area contributed by atoms with Gasteiger partial charge in [-0.05, 0) is 20.3 Å². The maximum absolute atomic E-state index is 4.53. The predicted molar refractivity (Wildman–Crippen MR) is 54.8 cm³/mol. The number of hydrogen-bond donors (Lipinski definition) is 0. The normalized spacial score (nSPS) is 12.9. The van der Waals surface area contributed by atoms with Gasteiger partial charge in [-0.2, -0.15) is 0 Å². The summed E-state index contributed by atoms with van der Waals surface area (Å²) in [6.45, 7) is 8.46. The smallest absolute Gasteiger partial charge is 0.0647 e. The first-order valence-electron chi connectivity index (χ1n) is 4.95. The van der Waals surface area contributed by atoms with Crippen molar-refractivity contribution < 1.29 is 0 Å². The van der Waals surface area contributed by atoms with Crippen LogP contribution in [0.1, 0.15) is 49.7 Å². The van der Waals surface area contributed by atoms with Crippen LogP contribution in [0.2, 0.25) is 0 Å². The molecule has 0 N–H and O–H groups in total. The standard InChI is InChI=1S/C11H18N2/c1-5-6-8(2)11-10(4)12-7-9(3)13-11/h7-8H,5-6H2,1-4H3.